The van der Waals surface area contributed by atoms with Gasteiger partial charge in [0.05, 0.1) is 6.54 Å². The highest BCUT2D eigenvalue weighted by Crippen LogP contribution is 2.18. The van der Waals surface area contributed by atoms with Crippen molar-refractivity contribution >= 4 is 5.97 Å². The number of rotatable bonds is 6. The van der Waals surface area contributed by atoms with Gasteiger partial charge in [-0.15, -0.1) is 0 Å². The summed E-state index contributed by atoms with van der Waals surface area (Å²) < 4.78 is 5.48. The molecule has 4 heteroatoms. The lowest BCUT2D eigenvalue weighted by Gasteiger charge is -2.25. The Morgan fingerprint density at radius 1 is 1.44 bits per heavy atom. The Bertz CT molecular complexity index is 409. The minimum Gasteiger partial charge on any atom is -0.478 e. The zero-order valence-electron chi connectivity index (χ0n) is 11.9. The molecule has 102 valence electrons. The number of hydrogen-bond donors (Lipinski definition) is 1. The molecule has 0 fully saturated rings. The summed E-state index contributed by atoms with van der Waals surface area (Å²) >= 11 is 0. The molecule has 0 aliphatic carbocycles. The number of nitrogens with zero attached hydrogens (tertiary/aromatic N) is 1. The number of carbonyl (C=O) groups is 1. The van der Waals surface area contributed by atoms with E-state index in [-0.39, 0.29) is 5.56 Å². The van der Waals surface area contributed by atoms with Gasteiger partial charge in [0.25, 0.3) is 0 Å². The maximum Gasteiger partial charge on any atom is 0.339 e. The molecule has 0 aromatic carbocycles. The van der Waals surface area contributed by atoms with Crippen LogP contribution in [0.4, 0.5) is 0 Å². The predicted octanol–water partition coefficient (Wildman–Crippen LogP) is 3.15. The van der Waals surface area contributed by atoms with Crippen molar-refractivity contribution in [2.24, 2.45) is 5.92 Å². The third-order valence-corrected chi connectivity index (χ3v) is 3.17. The largest absolute Gasteiger partial charge is 0.478 e. The van der Waals surface area contributed by atoms with E-state index < -0.39 is 5.97 Å². The number of carboxylic acid groups (broad SMARTS) is 1. The smallest absolute Gasteiger partial charge is 0.339 e. The van der Waals surface area contributed by atoms with E-state index in [0.717, 1.165) is 6.42 Å². The SMILES string of the molecule is Cc1oc(CN(C)C(C)CC(C)C)cc1C(=O)O. The predicted molar refractivity (Wildman–Crippen MR) is 70.8 cm³/mol. The molecule has 0 saturated heterocycles. The number of aryl methyl sites for hydroxylation is 1. The van der Waals surface area contributed by atoms with Crippen molar-refractivity contribution in [2.75, 3.05) is 7.05 Å². The Balaban J connectivity index is 2.67. The van der Waals surface area contributed by atoms with Gasteiger partial charge in [-0.25, -0.2) is 4.79 Å². The quantitative estimate of drug-likeness (QED) is 0.846. The van der Waals surface area contributed by atoms with Gasteiger partial charge in [0.2, 0.25) is 0 Å². The highest BCUT2D eigenvalue weighted by atomic mass is 16.4. The zero-order chi connectivity index (χ0) is 13.9. The van der Waals surface area contributed by atoms with E-state index in [1.54, 1.807) is 13.0 Å². The molecule has 1 heterocycles. The Hall–Kier alpha value is -1.29. The zero-order valence-corrected chi connectivity index (χ0v) is 11.9. The minimum absolute atomic E-state index is 0.259. The van der Waals surface area contributed by atoms with Gasteiger partial charge in [-0.3, -0.25) is 4.90 Å². The third-order valence-electron chi connectivity index (χ3n) is 3.17. The summed E-state index contributed by atoms with van der Waals surface area (Å²) in [5.41, 5.74) is 0.259. The monoisotopic (exact) mass is 253 g/mol. The van der Waals surface area contributed by atoms with Crippen molar-refractivity contribution < 1.29 is 14.3 Å². The summed E-state index contributed by atoms with van der Waals surface area (Å²) in [5, 5.41) is 8.97. The van der Waals surface area contributed by atoms with E-state index in [1.165, 1.54) is 0 Å². The molecule has 0 aliphatic rings. The van der Waals surface area contributed by atoms with Gasteiger partial charge in [-0.2, -0.15) is 0 Å². The van der Waals surface area contributed by atoms with E-state index in [0.29, 0.717) is 30.0 Å². The molecule has 0 spiro atoms. The van der Waals surface area contributed by atoms with Crippen molar-refractivity contribution in [3.63, 3.8) is 0 Å². The molecule has 1 rings (SSSR count). The highest BCUT2D eigenvalue weighted by Gasteiger charge is 2.17. The average molecular weight is 253 g/mol. The van der Waals surface area contributed by atoms with Crippen molar-refractivity contribution in [1.29, 1.82) is 0 Å². The summed E-state index contributed by atoms with van der Waals surface area (Å²) in [6.45, 7) is 8.90. The van der Waals surface area contributed by atoms with Crippen molar-refractivity contribution in [1.82, 2.24) is 4.90 Å². The van der Waals surface area contributed by atoms with Gasteiger partial charge in [0.15, 0.2) is 0 Å². The van der Waals surface area contributed by atoms with E-state index in [4.69, 9.17) is 9.52 Å². The molecule has 0 bridgehead atoms. The second-order valence-electron chi connectivity index (χ2n) is 5.38. The van der Waals surface area contributed by atoms with Crippen LogP contribution in [0.25, 0.3) is 0 Å². The van der Waals surface area contributed by atoms with Crippen LogP contribution < -0.4 is 0 Å². The molecular weight excluding hydrogens is 230 g/mol. The van der Waals surface area contributed by atoms with Crippen LogP contribution in [-0.4, -0.2) is 29.1 Å². The summed E-state index contributed by atoms with van der Waals surface area (Å²) in [7, 11) is 2.03. The lowest BCUT2D eigenvalue weighted by molar-refractivity contribution is 0.0695. The lowest BCUT2D eigenvalue weighted by atomic mass is 10.0. The lowest BCUT2D eigenvalue weighted by Crippen LogP contribution is -2.29. The summed E-state index contributed by atoms with van der Waals surface area (Å²) in [5.74, 6) is 0.904. The molecule has 4 nitrogen and oxygen atoms in total. The third kappa shape index (κ3) is 3.88. The van der Waals surface area contributed by atoms with E-state index in [9.17, 15) is 4.79 Å². The summed E-state index contributed by atoms with van der Waals surface area (Å²) in [6.07, 6.45) is 1.11. The van der Waals surface area contributed by atoms with Crippen LogP contribution in [0.1, 0.15) is 49.1 Å². The van der Waals surface area contributed by atoms with Crippen molar-refractivity contribution in [2.45, 2.75) is 46.7 Å². The Kier molecular flexibility index (Phi) is 4.96. The van der Waals surface area contributed by atoms with Crippen LogP contribution in [0.3, 0.4) is 0 Å². The maximum absolute atomic E-state index is 10.9. The molecule has 0 amide bonds. The molecule has 0 aliphatic heterocycles. The first-order valence-corrected chi connectivity index (χ1v) is 6.34. The highest BCUT2D eigenvalue weighted by molar-refractivity contribution is 5.88. The summed E-state index contributed by atoms with van der Waals surface area (Å²) in [4.78, 5) is 13.1. The van der Waals surface area contributed by atoms with Gasteiger partial charge in [0, 0.05) is 6.04 Å². The van der Waals surface area contributed by atoms with Crippen LogP contribution in [0, 0.1) is 12.8 Å². The second-order valence-corrected chi connectivity index (χ2v) is 5.38. The molecule has 1 aromatic heterocycles. The topological polar surface area (TPSA) is 53.7 Å². The Morgan fingerprint density at radius 2 is 2.06 bits per heavy atom. The normalized spacial score (nSPS) is 13.3. The first-order valence-electron chi connectivity index (χ1n) is 6.34. The van der Waals surface area contributed by atoms with Crippen LogP contribution in [0.15, 0.2) is 10.5 Å². The number of aromatic carboxylic acids is 1. The van der Waals surface area contributed by atoms with Crippen LogP contribution in [0.5, 0.6) is 0 Å². The second kappa shape index (κ2) is 6.05. The van der Waals surface area contributed by atoms with Gasteiger partial charge >= 0.3 is 5.97 Å². The minimum atomic E-state index is -0.930. The van der Waals surface area contributed by atoms with E-state index in [2.05, 4.69) is 25.7 Å². The van der Waals surface area contributed by atoms with Crippen LogP contribution >= 0.6 is 0 Å². The summed E-state index contributed by atoms with van der Waals surface area (Å²) in [6, 6.07) is 2.07. The van der Waals surface area contributed by atoms with Crippen LogP contribution in [0.2, 0.25) is 0 Å². The molecule has 0 radical (unpaired) electrons. The van der Waals surface area contributed by atoms with Gasteiger partial charge in [-0.1, -0.05) is 13.8 Å². The molecule has 1 N–H and O–H groups in total. The van der Waals surface area contributed by atoms with Gasteiger partial charge < -0.3 is 9.52 Å². The number of carboxylic acids is 1. The first-order chi connectivity index (χ1) is 8.31. The number of furan rings is 1. The molecule has 1 atom stereocenters. The molecule has 0 saturated carbocycles. The number of hydrogen-bond acceptors (Lipinski definition) is 3. The standard InChI is InChI=1S/C14H23NO3/c1-9(2)6-10(3)15(5)8-12-7-13(14(16)17)11(4)18-12/h7,9-10H,6,8H2,1-5H3,(H,16,17). The van der Waals surface area contributed by atoms with Crippen molar-refractivity contribution in [3.8, 4) is 0 Å². The fourth-order valence-corrected chi connectivity index (χ4v) is 2.10. The average Bonchev–Trinajstić information content (AvgIpc) is 2.58. The fourth-order valence-electron chi connectivity index (χ4n) is 2.10. The molecule has 1 unspecified atom stereocenters. The van der Waals surface area contributed by atoms with Gasteiger partial charge in [0.1, 0.15) is 17.1 Å². The first kappa shape index (κ1) is 14.8. The maximum atomic E-state index is 10.9. The Labute approximate surface area is 109 Å². The van der Waals surface area contributed by atoms with Crippen molar-refractivity contribution in [3.05, 3.63) is 23.2 Å². The molecule has 1 aromatic rings. The molecule has 18 heavy (non-hydrogen) atoms. The Morgan fingerprint density at radius 3 is 2.50 bits per heavy atom. The fraction of sp³-hybridized carbons (Fsp3) is 0.643. The molecular formula is C14H23NO3. The van der Waals surface area contributed by atoms with Crippen LogP contribution in [-0.2, 0) is 6.54 Å². The van der Waals surface area contributed by atoms with E-state index >= 15 is 0 Å². The van der Waals surface area contributed by atoms with Gasteiger partial charge in [-0.05, 0) is 39.3 Å². The van der Waals surface area contributed by atoms with E-state index in [1.807, 2.05) is 7.05 Å².